The van der Waals surface area contributed by atoms with Gasteiger partial charge in [-0.15, -0.1) is 0 Å². The average Bonchev–Trinajstić information content (AvgIpc) is 3.23. The quantitative estimate of drug-likeness (QED) is 0.151. The molecule has 4 aliphatic carbocycles. The number of Topliss-reactive ketones (excluding diaryl/α,β-unsaturated/α-hetero) is 1. The van der Waals surface area contributed by atoms with Crippen LogP contribution in [0.4, 0.5) is 0 Å². The minimum absolute atomic E-state index is 0.00982. The number of aliphatic hydroxyl groups is 3. The van der Waals surface area contributed by atoms with Gasteiger partial charge in [0.2, 0.25) is 0 Å². The zero-order chi connectivity index (χ0) is 45.8. The summed E-state index contributed by atoms with van der Waals surface area (Å²) in [6.45, 7) is 9.97. The molecule has 336 valence electrons. The molecule has 5 aliphatic rings. The van der Waals surface area contributed by atoms with Gasteiger partial charge in [-0.25, -0.2) is 9.59 Å². The van der Waals surface area contributed by atoms with Crippen molar-refractivity contribution >= 4 is 35.6 Å². The Morgan fingerprint density at radius 3 is 2.16 bits per heavy atom. The molecule has 63 heavy (non-hydrogen) atoms. The Morgan fingerprint density at radius 2 is 1.57 bits per heavy atom. The van der Waals surface area contributed by atoms with Crippen LogP contribution in [0.15, 0.2) is 95.6 Å². The van der Waals surface area contributed by atoms with Gasteiger partial charge in [-0.1, -0.05) is 87.5 Å². The first-order valence-corrected chi connectivity index (χ1v) is 21.2. The number of fused-ring (bicyclic) bond motifs is 5. The van der Waals surface area contributed by atoms with Gasteiger partial charge in [-0.2, -0.15) is 0 Å². The Labute approximate surface area is 365 Å². The van der Waals surface area contributed by atoms with Gasteiger partial charge >= 0.3 is 23.9 Å². The van der Waals surface area contributed by atoms with Crippen LogP contribution in [0.5, 0.6) is 0 Å². The van der Waals surface area contributed by atoms with Gasteiger partial charge in [0, 0.05) is 43.2 Å². The number of esters is 4. The number of rotatable bonds is 10. The number of carbonyl (C=O) groups is 6. The summed E-state index contributed by atoms with van der Waals surface area (Å²) in [5.41, 5.74) is -6.76. The third-order valence-electron chi connectivity index (χ3n) is 14.0. The van der Waals surface area contributed by atoms with Crippen LogP contribution in [0.3, 0.4) is 0 Å². The summed E-state index contributed by atoms with van der Waals surface area (Å²) in [6.07, 6.45) is -4.96. The van der Waals surface area contributed by atoms with Crippen molar-refractivity contribution in [1.82, 2.24) is 5.32 Å². The van der Waals surface area contributed by atoms with Gasteiger partial charge in [0.1, 0.15) is 23.9 Å². The summed E-state index contributed by atoms with van der Waals surface area (Å²) < 4.78 is 30.5. The summed E-state index contributed by atoms with van der Waals surface area (Å²) in [7, 11) is 0. The number of ether oxygens (including phenoxy) is 5. The van der Waals surface area contributed by atoms with Gasteiger partial charge in [-0.05, 0) is 55.0 Å². The van der Waals surface area contributed by atoms with E-state index in [1.54, 1.807) is 86.7 Å². The summed E-state index contributed by atoms with van der Waals surface area (Å²) in [5.74, 6) is -6.76. The molecule has 2 saturated carbocycles. The third kappa shape index (κ3) is 7.72. The molecule has 1 saturated heterocycles. The van der Waals surface area contributed by atoms with Crippen molar-refractivity contribution in [3.05, 3.63) is 107 Å². The van der Waals surface area contributed by atoms with E-state index in [0.717, 1.165) is 13.8 Å². The monoisotopic (exact) mass is 869 g/mol. The summed E-state index contributed by atoms with van der Waals surface area (Å²) >= 11 is 0. The summed E-state index contributed by atoms with van der Waals surface area (Å²) in [6, 6.07) is 15.1. The van der Waals surface area contributed by atoms with E-state index in [1.165, 1.54) is 13.8 Å². The van der Waals surface area contributed by atoms with E-state index in [1.807, 2.05) is 13.0 Å². The number of nitrogens with one attached hydrogen (secondary N) is 1. The molecular formula is C48H55NO14. The molecule has 2 aromatic rings. The van der Waals surface area contributed by atoms with E-state index in [9.17, 15) is 39.3 Å². The summed E-state index contributed by atoms with van der Waals surface area (Å²) in [5, 5.41) is 40.4. The number of hydrogen-bond donors (Lipinski definition) is 4. The maximum atomic E-state index is 15.5. The number of ketones is 1. The standard InChI is InChI=1S/C48H55NO14/c1-25-15-14-20-31(21-25)43(56)62-41-39-46(7,33(52)22-34-47(39,24-59-34)63-28(4)51)40(54)38(60-27(3)50)35-26(2)32(23-48(41,58)45(35,5)6)61-44(57)37(53)36(29-16-10-8-11-17-29)49-42(55)30-18-12-9-13-19-30/h8-20,25,32-34,36-39,41,52-53,58H,21-24H2,1-7H3,(H,49,55)/t25?,32-,33-,34+,36-,37+,38+,39-,41-,46+,47-,48+/m0/s1. The summed E-state index contributed by atoms with van der Waals surface area (Å²) in [4.78, 5) is 83.8. The van der Waals surface area contributed by atoms with Crippen LogP contribution < -0.4 is 5.32 Å². The predicted octanol–water partition coefficient (Wildman–Crippen LogP) is 3.94. The van der Waals surface area contributed by atoms with Crippen LogP contribution in [0.2, 0.25) is 0 Å². The highest BCUT2D eigenvalue weighted by atomic mass is 16.6. The van der Waals surface area contributed by atoms with Gasteiger partial charge < -0.3 is 44.3 Å². The number of allylic oxidation sites excluding steroid dienone is 3. The van der Waals surface area contributed by atoms with Crippen molar-refractivity contribution in [1.29, 1.82) is 0 Å². The van der Waals surface area contributed by atoms with Crippen LogP contribution in [-0.4, -0.2) is 105 Å². The Bertz CT molecular complexity index is 2270. The fraction of sp³-hybridized carbons (Fsp3) is 0.500. The minimum atomic E-state index is -2.38. The Kier molecular flexibility index (Phi) is 12.2. The molecular weight excluding hydrogens is 815 g/mol. The topological polar surface area (TPSA) is 221 Å². The smallest absolute Gasteiger partial charge is 0.338 e. The number of aliphatic hydroxyl groups excluding tert-OH is 2. The van der Waals surface area contributed by atoms with E-state index < -0.39 is 113 Å². The first-order valence-electron chi connectivity index (χ1n) is 21.2. The predicted molar refractivity (Wildman–Crippen MR) is 223 cm³/mol. The molecule has 12 atom stereocenters. The van der Waals surface area contributed by atoms with Gasteiger partial charge in [0.15, 0.2) is 23.6 Å². The highest BCUT2D eigenvalue weighted by Gasteiger charge is 2.78. The van der Waals surface area contributed by atoms with Crippen LogP contribution >= 0.6 is 0 Å². The van der Waals surface area contributed by atoms with Crippen molar-refractivity contribution in [3.63, 3.8) is 0 Å². The van der Waals surface area contributed by atoms with Crippen LogP contribution in [-0.2, 0) is 47.7 Å². The fourth-order valence-corrected chi connectivity index (χ4v) is 10.6. The molecule has 0 aromatic heterocycles. The first kappa shape index (κ1) is 45.5. The minimum Gasteiger partial charge on any atom is -0.456 e. The molecule has 2 bridgehead atoms. The number of benzene rings is 2. The molecule has 0 spiro atoms. The normalized spacial score (nSPS) is 33.9. The highest BCUT2D eigenvalue weighted by Crippen LogP contribution is 2.64. The Hall–Kier alpha value is -5.48. The molecule has 15 nitrogen and oxygen atoms in total. The molecule has 1 heterocycles. The lowest BCUT2D eigenvalue weighted by Gasteiger charge is -2.67. The second-order valence-corrected chi connectivity index (χ2v) is 18.2. The second kappa shape index (κ2) is 16.9. The first-order chi connectivity index (χ1) is 29.7. The van der Waals surface area contributed by atoms with Crippen LogP contribution in [0, 0.1) is 22.7 Å². The van der Waals surface area contributed by atoms with Gasteiger partial charge in [0.05, 0.1) is 30.1 Å². The molecule has 4 N–H and O–H groups in total. The van der Waals surface area contributed by atoms with Crippen LogP contribution in [0.25, 0.3) is 0 Å². The molecule has 15 heteroatoms. The molecule has 3 fully saturated rings. The van der Waals surface area contributed by atoms with E-state index in [4.69, 9.17) is 23.7 Å². The number of hydrogen-bond acceptors (Lipinski definition) is 14. The van der Waals surface area contributed by atoms with E-state index in [0.29, 0.717) is 5.56 Å². The van der Waals surface area contributed by atoms with Gasteiger partial charge in [0.25, 0.3) is 5.91 Å². The molecule has 1 amide bonds. The van der Waals surface area contributed by atoms with E-state index >= 15 is 4.79 Å². The lowest BCUT2D eigenvalue weighted by Crippen LogP contribution is -2.82. The van der Waals surface area contributed by atoms with E-state index in [2.05, 4.69) is 5.32 Å². The lowest BCUT2D eigenvalue weighted by molar-refractivity contribution is -0.347. The number of carbonyl (C=O) groups excluding carboxylic acids is 6. The van der Waals surface area contributed by atoms with Crippen molar-refractivity contribution in [2.24, 2.45) is 22.7 Å². The third-order valence-corrected chi connectivity index (χ3v) is 14.0. The Morgan fingerprint density at radius 1 is 0.921 bits per heavy atom. The average molecular weight is 870 g/mol. The molecule has 0 radical (unpaired) electrons. The molecule has 1 aliphatic heterocycles. The van der Waals surface area contributed by atoms with Crippen molar-refractivity contribution in [2.75, 3.05) is 6.61 Å². The van der Waals surface area contributed by atoms with Crippen LogP contribution in [0.1, 0.15) is 89.7 Å². The largest absolute Gasteiger partial charge is 0.456 e. The van der Waals surface area contributed by atoms with Crippen molar-refractivity contribution in [3.8, 4) is 0 Å². The SMILES string of the molecule is CC(=O)O[C@H]1C(=O)[C@@]2(C)[C@H]([C@H](OC(=O)C3=CC=CC(C)C3)[C@]3(O)C[C@H](OC(=O)[C@H](O)[C@@H](NC(=O)c4ccccc4)c4ccccc4)C(C)=C1C3(C)C)[C@]1(OC(C)=O)CO[C@@H]1C[C@@H]2O. The molecule has 2 aromatic carbocycles. The van der Waals surface area contributed by atoms with Crippen molar-refractivity contribution in [2.45, 2.75) is 122 Å². The lowest BCUT2D eigenvalue weighted by atomic mass is 9.44. The zero-order valence-electron chi connectivity index (χ0n) is 36.4. The van der Waals surface area contributed by atoms with Gasteiger partial charge in [-0.3, -0.25) is 19.2 Å². The van der Waals surface area contributed by atoms with E-state index in [-0.39, 0.29) is 47.6 Å². The Balaban J connectivity index is 1.38. The fourth-order valence-electron chi connectivity index (χ4n) is 10.6. The highest BCUT2D eigenvalue weighted by molar-refractivity contribution is 5.96. The molecule has 1 unspecified atom stereocenters. The second-order valence-electron chi connectivity index (χ2n) is 18.2. The maximum absolute atomic E-state index is 15.5. The molecule has 7 rings (SSSR count). The van der Waals surface area contributed by atoms with Crippen molar-refractivity contribution < 1.29 is 67.8 Å². The zero-order valence-corrected chi connectivity index (χ0v) is 36.4. The maximum Gasteiger partial charge on any atom is 0.338 e. The number of amides is 1.